The van der Waals surface area contributed by atoms with Gasteiger partial charge in [0.1, 0.15) is 16.6 Å². The van der Waals surface area contributed by atoms with Gasteiger partial charge in [-0.05, 0) is 49.6 Å². The van der Waals surface area contributed by atoms with Crippen LogP contribution in [0.4, 0.5) is 5.00 Å². The average molecular weight is 443 g/mol. The highest BCUT2D eigenvalue weighted by Crippen LogP contribution is 2.33. The fourth-order valence-electron chi connectivity index (χ4n) is 2.77. The molecular formula is C23H26N2O5S. The van der Waals surface area contributed by atoms with E-state index in [4.69, 9.17) is 14.2 Å². The lowest BCUT2D eigenvalue weighted by Crippen LogP contribution is -2.15. The molecule has 0 aliphatic rings. The molecule has 8 heteroatoms. The number of amides is 1. The molecule has 0 radical (unpaired) electrons. The van der Waals surface area contributed by atoms with E-state index in [1.54, 1.807) is 25.1 Å². The summed E-state index contributed by atoms with van der Waals surface area (Å²) in [5.41, 5.74) is 1.53. The molecule has 0 spiro atoms. The number of aryl methyl sites for hydroxylation is 1. The summed E-state index contributed by atoms with van der Waals surface area (Å²) in [5, 5.41) is 12.5. The van der Waals surface area contributed by atoms with Crippen LogP contribution in [0.25, 0.3) is 6.08 Å². The zero-order chi connectivity index (χ0) is 23.0. The quantitative estimate of drug-likeness (QED) is 0.257. The fraction of sp³-hybridized carbons (Fsp3) is 0.348. The minimum atomic E-state index is -0.615. The lowest BCUT2D eigenvalue weighted by atomic mass is 10.1. The number of rotatable bonds is 9. The Kier molecular flexibility index (Phi) is 8.64. The van der Waals surface area contributed by atoms with E-state index in [9.17, 15) is 14.9 Å². The molecule has 0 aliphatic heterocycles. The summed E-state index contributed by atoms with van der Waals surface area (Å²) in [6, 6.07) is 7.10. The number of unbranched alkanes of at least 4 members (excludes halogenated alkanes) is 1. The van der Waals surface area contributed by atoms with E-state index in [1.165, 1.54) is 31.6 Å². The van der Waals surface area contributed by atoms with Crippen LogP contribution in [0.1, 0.15) is 46.1 Å². The van der Waals surface area contributed by atoms with Gasteiger partial charge in [-0.1, -0.05) is 19.4 Å². The molecule has 7 nitrogen and oxygen atoms in total. The molecule has 1 amide bonds. The van der Waals surface area contributed by atoms with Crippen molar-refractivity contribution in [1.29, 1.82) is 5.26 Å². The van der Waals surface area contributed by atoms with Gasteiger partial charge < -0.3 is 19.5 Å². The highest BCUT2D eigenvalue weighted by Gasteiger charge is 2.22. The van der Waals surface area contributed by atoms with Gasteiger partial charge in [0, 0.05) is 4.88 Å². The Morgan fingerprint density at radius 1 is 1.23 bits per heavy atom. The molecule has 1 N–H and O–H groups in total. The number of benzene rings is 1. The third kappa shape index (κ3) is 5.86. The van der Waals surface area contributed by atoms with Crippen molar-refractivity contribution in [1.82, 2.24) is 0 Å². The molecule has 0 fully saturated rings. The maximum Gasteiger partial charge on any atom is 0.341 e. The molecule has 0 atom stereocenters. The van der Waals surface area contributed by atoms with Crippen molar-refractivity contribution < 1.29 is 23.8 Å². The number of esters is 1. The summed E-state index contributed by atoms with van der Waals surface area (Å²) >= 11 is 1.26. The second-order valence-electron chi connectivity index (χ2n) is 6.72. The number of anilines is 1. The Hall–Kier alpha value is -3.31. The summed E-state index contributed by atoms with van der Waals surface area (Å²) in [6.45, 7) is 6.29. The minimum Gasteiger partial charge on any atom is -0.493 e. The molecule has 0 bridgehead atoms. The molecular weight excluding hydrogens is 416 g/mol. The van der Waals surface area contributed by atoms with Crippen molar-refractivity contribution in [2.75, 3.05) is 26.1 Å². The van der Waals surface area contributed by atoms with Gasteiger partial charge in [0.05, 0.1) is 26.4 Å². The van der Waals surface area contributed by atoms with Crippen molar-refractivity contribution in [3.8, 4) is 17.6 Å². The van der Waals surface area contributed by atoms with Crippen LogP contribution < -0.4 is 14.8 Å². The van der Waals surface area contributed by atoms with Gasteiger partial charge in [0.2, 0.25) is 0 Å². The first kappa shape index (κ1) is 24.0. The topological polar surface area (TPSA) is 97.7 Å². The predicted molar refractivity (Wildman–Crippen MR) is 121 cm³/mol. The van der Waals surface area contributed by atoms with E-state index < -0.39 is 11.9 Å². The summed E-state index contributed by atoms with van der Waals surface area (Å²) in [5.74, 6) is -0.0393. The van der Waals surface area contributed by atoms with Crippen LogP contribution in [0.5, 0.6) is 11.5 Å². The smallest absolute Gasteiger partial charge is 0.341 e. The molecule has 0 saturated heterocycles. The largest absolute Gasteiger partial charge is 0.493 e. The highest BCUT2D eigenvalue weighted by atomic mass is 32.1. The van der Waals surface area contributed by atoms with Crippen LogP contribution in [-0.4, -0.2) is 32.7 Å². The summed E-state index contributed by atoms with van der Waals surface area (Å²) < 4.78 is 15.9. The summed E-state index contributed by atoms with van der Waals surface area (Å²) in [6.07, 6.45) is 3.41. The second-order valence-corrected chi connectivity index (χ2v) is 7.94. The van der Waals surface area contributed by atoms with Crippen molar-refractivity contribution >= 4 is 34.3 Å². The van der Waals surface area contributed by atoms with E-state index in [0.717, 1.165) is 23.3 Å². The van der Waals surface area contributed by atoms with E-state index in [2.05, 4.69) is 12.2 Å². The Balaban J connectivity index is 2.28. The summed E-state index contributed by atoms with van der Waals surface area (Å²) in [7, 11) is 2.81. The number of hydrogen-bond acceptors (Lipinski definition) is 7. The third-order valence-electron chi connectivity index (χ3n) is 4.62. The Labute approximate surface area is 186 Å². The summed E-state index contributed by atoms with van der Waals surface area (Å²) in [4.78, 5) is 25.7. The monoisotopic (exact) mass is 442 g/mol. The van der Waals surface area contributed by atoms with E-state index in [1.807, 2.05) is 13.0 Å². The van der Waals surface area contributed by atoms with E-state index >= 15 is 0 Å². The molecule has 2 rings (SSSR count). The molecule has 2 aromatic rings. The zero-order valence-electron chi connectivity index (χ0n) is 18.3. The van der Waals surface area contributed by atoms with E-state index in [0.29, 0.717) is 34.2 Å². The van der Waals surface area contributed by atoms with Gasteiger partial charge in [-0.3, -0.25) is 4.79 Å². The SMILES string of the molecule is CCCCOc1ccc(/C=C(\C#N)C(=O)Nc2sc(C)c(C)c2C(=O)OC)cc1OC. The minimum absolute atomic E-state index is 0.110. The van der Waals surface area contributed by atoms with Gasteiger partial charge in [0.15, 0.2) is 11.5 Å². The first-order chi connectivity index (χ1) is 14.9. The number of hydrogen-bond donors (Lipinski definition) is 1. The molecule has 0 saturated carbocycles. The average Bonchev–Trinajstić information content (AvgIpc) is 3.04. The third-order valence-corrected chi connectivity index (χ3v) is 5.74. The molecule has 1 aromatic carbocycles. The standard InChI is InChI=1S/C23H26N2O5S/c1-6-7-10-30-18-9-8-16(12-19(18)28-4)11-17(13-24)21(26)25-22-20(23(27)29-5)14(2)15(3)31-22/h8-9,11-12H,6-7,10H2,1-5H3,(H,25,26)/b17-11+. The molecule has 0 unspecified atom stereocenters. The first-order valence-electron chi connectivity index (χ1n) is 9.78. The Bertz CT molecular complexity index is 1030. The van der Waals surface area contributed by atoms with Crippen LogP contribution in [0.2, 0.25) is 0 Å². The first-order valence-corrected chi connectivity index (χ1v) is 10.6. The van der Waals surface area contributed by atoms with Crippen LogP contribution >= 0.6 is 11.3 Å². The predicted octanol–water partition coefficient (Wildman–Crippen LogP) is 4.88. The zero-order valence-corrected chi connectivity index (χ0v) is 19.1. The highest BCUT2D eigenvalue weighted by molar-refractivity contribution is 7.16. The number of nitrogens with one attached hydrogen (secondary N) is 1. The number of methoxy groups -OCH3 is 2. The van der Waals surface area contributed by atoms with Crippen LogP contribution in [0, 0.1) is 25.2 Å². The Morgan fingerprint density at radius 2 is 1.97 bits per heavy atom. The number of nitrogens with zero attached hydrogens (tertiary/aromatic N) is 1. The fourth-order valence-corrected chi connectivity index (χ4v) is 3.81. The van der Waals surface area contributed by atoms with Gasteiger partial charge in [-0.15, -0.1) is 11.3 Å². The number of thiophene rings is 1. The Morgan fingerprint density at radius 3 is 2.58 bits per heavy atom. The number of ether oxygens (including phenoxy) is 3. The maximum absolute atomic E-state index is 12.7. The molecule has 1 heterocycles. The van der Waals surface area contributed by atoms with Crippen molar-refractivity contribution in [3.63, 3.8) is 0 Å². The van der Waals surface area contributed by atoms with Crippen LogP contribution in [0.3, 0.4) is 0 Å². The van der Waals surface area contributed by atoms with Gasteiger partial charge in [0.25, 0.3) is 5.91 Å². The molecule has 0 aliphatic carbocycles. The van der Waals surface area contributed by atoms with Gasteiger partial charge in [-0.2, -0.15) is 5.26 Å². The normalized spacial score (nSPS) is 10.9. The maximum atomic E-state index is 12.7. The van der Waals surface area contributed by atoms with Crippen LogP contribution in [0.15, 0.2) is 23.8 Å². The van der Waals surface area contributed by atoms with Crippen molar-refractivity contribution in [2.24, 2.45) is 0 Å². The molecule has 164 valence electrons. The van der Waals surface area contributed by atoms with Crippen molar-refractivity contribution in [2.45, 2.75) is 33.6 Å². The molecule has 31 heavy (non-hydrogen) atoms. The lowest BCUT2D eigenvalue weighted by Gasteiger charge is -2.11. The van der Waals surface area contributed by atoms with Crippen LogP contribution in [-0.2, 0) is 9.53 Å². The number of nitriles is 1. The lowest BCUT2D eigenvalue weighted by molar-refractivity contribution is -0.112. The molecule has 1 aromatic heterocycles. The number of carbonyl (C=O) groups is 2. The van der Waals surface area contributed by atoms with Gasteiger partial charge >= 0.3 is 5.97 Å². The van der Waals surface area contributed by atoms with E-state index in [-0.39, 0.29) is 5.57 Å². The second kappa shape index (κ2) is 11.2. The van der Waals surface area contributed by atoms with Gasteiger partial charge in [-0.25, -0.2) is 4.79 Å². The van der Waals surface area contributed by atoms with Crippen molar-refractivity contribution in [3.05, 3.63) is 45.3 Å². The number of carbonyl (C=O) groups excluding carboxylic acids is 2.